The van der Waals surface area contributed by atoms with Crippen molar-refractivity contribution in [2.24, 2.45) is 5.73 Å². The summed E-state index contributed by atoms with van der Waals surface area (Å²) in [6.07, 6.45) is 0. The van der Waals surface area contributed by atoms with Gasteiger partial charge in [-0.3, -0.25) is 4.79 Å². The Balaban J connectivity index is 3.75. The van der Waals surface area contributed by atoms with E-state index >= 15 is 0 Å². The smallest absolute Gasteiger partial charge is 0.321 e. The number of carbonyl (C=O) groups is 1. The number of rotatable bonds is 5. The predicted molar refractivity (Wildman–Crippen MR) is 43.7 cm³/mol. The Bertz CT molecular complexity index is 170. The molecule has 0 unspecified atom stereocenters. The van der Waals surface area contributed by atoms with Crippen molar-refractivity contribution < 1.29 is 18.7 Å². The largest absolute Gasteiger partial charge is 0.480 e. The third-order valence-electron chi connectivity index (χ3n) is 0.947. The number of nitrogens with two attached hydrogens (primary N) is 1. The zero-order valence-corrected chi connectivity index (χ0v) is 7.54. The van der Waals surface area contributed by atoms with Crippen LogP contribution in [-0.2, 0) is 4.79 Å². The van der Waals surface area contributed by atoms with E-state index in [1.807, 2.05) is 0 Å². The van der Waals surface area contributed by atoms with Crippen LogP contribution >= 0.6 is 23.4 Å². The quantitative estimate of drug-likeness (QED) is 0.677. The van der Waals surface area contributed by atoms with E-state index in [4.69, 9.17) is 22.4 Å². The highest BCUT2D eigenvalue weighted by atomic mass is 35.5. The van der Waals surface area contributed by atoms with E-state index in [9.17, 15) is 13.6 Å². The minimum atomic E-state index is -3.10. The molecule has 0 fully saturated rings. The van der Waals surface area contributed by atoms with Gasteiger partial charge in [-0.25, -0.2) is 0 Å². The highest BCUT2D eigenvalue weighted by Gasteiger charge is 2.29. The Morgan fingerprint density at radius 2 is 2.25 bits per heavy atom. The molecule has 0 aliphatic heterocycles. The summed E-state index contributed by atoms with van der Waals surface area (Å²) < 4.78 is 24.7. The first-order valence-electron chi connectivity index (χ1n) is 2.95. The van der Waals surface area contributed by atoms with Gasteiger partial charge in [0.1, 0.15) is 6.04 Å². The van der Waals surface area contributed by atoms with Crippen LogP contribution in [0.25, 0.3) is 0 Å². The molecule has 0 aliphatic carbocycles. The second-order valence-electron chi connectivity index (χ2n) is 2.03. The lowest BCUT2D eigenvalue weighted by atomic mass is 10.4. The fraction of sp³-hybridized carbons (Fsp3) is 0.800. The Labute approximate surface area is 77.3 Å². The highest BCUT2D eigenvalue weighted by Crippen LogP contribution is 2.30. The maximum Gasteiger partial charge on any atom is 0.321 e. The maximum absolute atomic E-state index is 12.4. The van der Waals surface area contributed by atoms with Crippen LogP contribution < -0.4 is 5.73 Å². The van der Waals surface area contributed by atoms with Crippen molar-refractivity contribution >= 4 is 29.3 Å². The molecular weight excluding hydrogens is 212 g/mol. The molecule has 0 saturated carbocycles. The van der Waals surface area contributed by atoms with Gasteiger partial charge in [-0.1, -0.05) is 11.8 Å². The fourth-order valence-electron chi connectivity index (χ4n) is 0.322. The van der Waals surface area contributed by atoms with E-state index in [1.165, 1.54) is 0 Å². The van der Waals surface area contributed by atoms with Gasteiger partial charge in [-0.05, 0) is 0 Å². The molecule has 0 aliphatic rings. The average Bonchev–Trinajstić information content (AvgIpc) is 2.00. The van der Waals surface area contributed by atoms with Crippen molar-refractivity contribution in [3.05, 3.63) is 0 Å². The van der Waals surface area contributed by atoms with E-state index in [0.29, 0.717) is 0 Å². The van der Waals surface area contributed by atoms with Gasteiger partial charge in [-0.15, -0.1) is 11.6 Å². The van der Waals surface area contributed by atoms with Gasteiger partial charge in [0.05, 0.1) is 5.88 Å². The summed E-state index contributed by atoms with van der Waals surface area (Å²) >= 11 is 5.04. The zero-order valence-electron chi connectivity index (χ0n) is 5.97. The summed E-state index contributed by atoms with van der Waals surface area (Å²) in [6.45, 7) is 0. The van der Waals surface area contributed by atoms with Crippen LogP contribution in [0, 0.1) is 0 Å². The minimum Gasteiger partial charge on any atom is -0.480 e. The van der Waals surface area contributed by atoms with E-state index in [1.54, 1.807) is 0 Å². The lowest BCUT2D eigenvalue weighted by Crippen LogP contribution is -2.34. The molecule has 1 atom stereocenters. The van der Waals surface area contributed by atoms with E-state index < -0.39 is 23.1 Å². The summed E-state index contributed by atoms with van der Waals surface area (Å²) in [5.41, 5.74) is 4.98. The molecule has 0 radical (unpaired) electrons. The SMILES string of the molecule is N[C@@H](CSC(F)(F)CCl)C(=O)O. The maximum atomic E-state index is 12.4. The summed E-state index contributed by atoms with van der Waals surface area (Å²) in [6, 6.07) is -1.27. The van der Waals surface area contributed by atoms with E-state index in [2.05, 4.69) is 0 Å². The Kier molecular flexibility index (Phi) is 4.81. The Hall–Kier alpha value is -0.0700. The Morgan fingerprint density at radius 3 is 2.58 bits per heavy atom. The molecule has 72 valence electrons. The predicted octanol–water partition coefficient (Wildman–Crippen LogP) is 0.963. The summed E-state index contributed by atoms with van der Waals surface area (Å²) in [7, 11) is 0. The molecule has 3 nitrogen and oxygen atoms in total. The normalized spacial score (nSPS) is 14.3. The van der Waals surface area contributed by atoms with Gasteiger partial charge in [-0.2, -0.15) is 8.78 Å². The average molecular weight is 220 g/mol. The lowest BCUT2D eigenvalue weighted by Gasteiger charge is -2.13. The van der Waals surface area contributed by atoms with Crippen LogP contribution in [-0.4, -0.2) is 34.0 Å². The van der Waals surface area contributed by atoms with Crippen molar-refractivity contribution in [3.63, 3.8) is 0 Å². The Morgan fingerprint density at radius 1 is 1.75 bits per heavy atom. The number of carboxylic acids is 1. The van der Waals surface area contributed by atoms with Crippen molar-refractivity contribution in [1.82, 2.24) is 0 Å². The van der Waals surface area contributed by atoms with Gasteiger partial charge >= 0.3 is 11.2 Å². The zero-order chi connectivity index (χ0) is 9.78. The first kappa shape index (κ1) is 11.9. The number of alkyl halides is 3. The number of hydrogen-bond donors (Lipinski definition) is 2. The fourth-order valence-corrected chi connectivity index (χ4v) is 1.20. The van der Waals surface area contributed by atoms with Gasteiger partial charge in [0.15, 0.2) is 0 Å². The third kappa shape index (κ3) is 4.74. The molecule has 3 N–H and O–H groups in total. The first-order valence-corrected chi connectivity index (χ1v) is 4.47. The lowest BCUT2D eigenvalue weighted by molar-refractivity contribution is -0.137. The third-order valence-corrected chi connectivity index (χ3v) is 2.53. The second-order valence-corrected chi connectivity index (χ2v) is 3.51. The molecule has 0 spiro atoms. The van der Waals surface area contributed by atoms with Crippen molar-refractivity contribution in [2.75, 3.05) is 11.6 Å². The van der Waals surface area contributed by atoms with Crippen LogP contribution in [0.1, 0.15) is 0 Å². The van der Waals surface area contributed by atoms with E-state index in [-0.39, 0.29) is 17.5 Å². The van der Waals surface area contributed by atoms with Gasteiger partial charge < -0.3 is 10.8 Å². The number of hydrogen-bond acceptors (Lipinski definition) is 3. The summed E-state index contributed by atoms with van der Waals surface area (Å²) in [5, 5.41) is 5.13. The number of thioether (sulfide) groups is 1. The van der Waals surface area contributed by atoms with Crippen molar-refractivity contribution in [1.29, 1.82) is 0 Å². The first-order chi connectivity index (χ1) is 5.39. The highest BCUT2D eigenvalue weighted by molar-refractivity contribution is 8.00. The molecule has 0 saturated heterocycles. The molecule has 0 rings (SSSR count). The molecule has 0 aromatic heterocycles. The molecule has 0 aromatic carbocycles. The molecule has 12 heavy (non-hydrogen) atoms. The van der Waals surface area contributed by atoms with Crippen LogP contribution in [0.15, 0.2) is 0 Å². The van der Waals surface area contributed by atoms with Crippen molar-refractivity contribution in [3.8, 4) is 0 Å². The van der Waals surface area contributed by atoms with Gasteiger partial charge in [0.2, 0.25) is 0 Å². The monoisotopic (exact) mass is 219 g/mol. The number of halogens is 3. The van der Waals surface area contributed by atoms with Crippen molar-refractivity contribution in [2.45, 2.75) is 11.3 Å². The second kappa shape index (κ2) is 4.84. The topological polar surface area (TPSA) is 63.3 Å². The molecule has 0 amide bonds. The molecule has 0 aromatic rings. The van der Waals surface area contributed by atoms with Crippen LogP contribution in [0.5, 0.6) is 0 Å². The van der Waals surface area contributed by atoms with Crippen LogP contribution in [0.4, 0.5) is 8.78 Å². The molecule has 0 bridgehead atoms. The summed E-state index contributed by atoms with van der Waals surface area (Å²) in [5.74, 6) is -2.49. The molecular formula is C5H8ClF2NO2S. The summed E-state index contributed by atoms with van der Waals surface area (Å²) in [4.78, 5) is 10.1. The standard InChI is InChI=1S/C5H8ClF2NO2S/c6-2-5(7,8)12-1-3(9)4(10)11/h3H,1-2,9H2,(H,10,11)/t3-/m0/s1. The number of carboxylic acid groups (broad SMARTS) is 1. The molecule has 0 heterocycles. The van der Waals surface area contributed by atoms with E-state index in [0.717, 1.165) is 0 Å². The molecule has 7 heteroatoms. The van der Waals surface area contributed by atoms with Gasteiger partial charge in [0, 0.05) is 5.75 Å². The van der Waals surface area contributed by atoms with Gasteiger partial charge in [0.25, 0.3) is 0 Å². The van der Waals surface area contributed by atoms with Crippen LogP contribution in [0.3, 0.4) is 0 Å². The van der Waals surface area contributed by atoms with Crippen LogP contribution in [0.2, 0.25) is 0 Å². The minimum absolute atomic E-state index is 0.144. The number of aliphatic carboxylic acids is 1.